The number of hydrogen-bond donors (Lipinski definition) is 2. The Kier molecular flexibility index (Phi) is 5.50. The Morgan fingerprint density at radius 1 is 1.25 bits per heavy atom. The van der Waals surface area contributed by atoms with E-state index in [0.717, 1.165) is 6.42 Å². The fraction of sp³-hybridized carbons (Fsp3) is 0.571. The first-order valence-electron chi connectivity index (χ1n) is 6.19. The molecule has 0 heterocycles. The quantitative estimate of drug-likeness (QED) is 0.571. The van der Waals surface area contributed by atoms with Crippen molar-refractivity contribution in [2.75, 3.05) is 0 Å². The fourth-order valence-corrected chi connectivity index (χ4v) is 2.06. The summed E-state index contributed by atoms with van der Waals surface area (Å²) in [7, 11) is 0. The molecule has 0 radical (unpaired) electrons. The number of hydrazine groups is 1. The lowest BCUT2D eigenvalue weighted by atomic mass is 9.92. The van der Waals surface area contributed by atoms with E-state index in [9.17, 15) is 0 Å². The maximum Gasteiger partial charge on any atom is 0.0276 e. The molecular weight excluding hydrogens is 196 g/mol. The lowest BCUT2D eigenvalue weighted by Gasteiger charge is -2.23. The van der Waals surface area contributed by atoms with Crippen molar-refractivity contribution in [3.63, 3.8) is 0 Å². The average molecular weight is 220 g/mol. The topological polar surface area (TPSA) is 38.0 Å². The number of nitrogens with two attached hydrogens (primary N) is 1. The van der Waals surface area contributed by atoms with Crippen LogP contribution in [0.5, 0.6) is 0 Å². The highest BCUT2D eigenvalue weighted by Gasteiger charge is 2.15. The van der Waals surface area contributed by atoms with E-state index in [4.69, 9.17) is 5.84 Å². The molecule has 2 unspecified atom stereocenters. The molecule has 1 rings (SSSR count). The Balaban J connectivity index is 2.59. The molecule has 0 aliphatic rings. The van der Waals surface area contributed by atoms with Gasteiger partial charge in [-0.3, -0.25) is 11.3 Å². The first kappa shape index (κ1) is 13.2. The molecule has 0 spiro atoms. The third-order valence-corrected chi connectivity index (χ3v) is 3.22. The lowest BCUT2D eigenvalue weighted by molar-refractivity contribution is 0.357. The fourth-order valence-electron chi connectivity index (χ4n) is 2.06. The van der Waals surface area contributed by atoms with E-state index < -0.39 is 0 Å². The van der Waals surface area contributed by atoms with Gasteiger partial charge in [-0.1, -0.05) is 50.1 Å². The summed E-state index contributed by atoms with van der Waals surface area (Å²) in [6.07, 6.45) is 3.45. The van der Waals surface area contributed by atoms with Crippen LogP contribution in [-0.2, 0) is 6.42 Å². The lowest BCUT2D eigenvalue weighted by Crippen LogP contribution is -2.41. The van der Waals surface area contributed by atoms with Crippen LogP contribution in [0.4, 0.5) is 0 Å². The SMILES string of the molecule is CCCC(C)C(Cc1ccc(C)cc1)NN. The first-order chi connectivity index (χ1) is 7.67. The number of nitrogens with one attached hydrogen (secondary N) is 1. The van der Waals surface area contributed by atoms with Crippen LogP contribution in [0.15, 0.2) is 24.3 Å². The normalized spacial score (nSPS) is 14.8. The van der Waals surface area contributed by atoms with Gasteiger partial charge >= 0.3 is 0 Å². The van der Waals surface area contributed by atoms with Crippen LogP contribution in [0.2, 0.25) is 0 Å². The van der Waals surface area contributed by atoms with Gasteiger partial charge in [-0.2, -0.15) is 0 Å². The number of aryl methyl sites for hydroxylation is 1. The second kappa shape index (κ2) is 6.66. The van der Waals surface area contributed by atoms with E-state index in [1.807, 2.05) is 0 Å². The molecule has 0 bridgehead atoms. The molecule has 2 atom stereocenters. The molecule has 0 saturated heterocycles. The largest absolute Gasteiger partial charge is 0.271 e. The minimum absolute atomic E-state index is 0.377. The van der Waals surface area contributed by atoms with Crippen molar-refractivity contribution in [2.45, 2.75) is 46.1 Å². The molecule has 0 aromatic heterocycles. The summed E-state index contributed by atoms with van der Waals surface area (Å²) in [4.78, 5) is 0. The Bertz CT molecular complexity index is 292. The molecule has 2 nitrogen and oxygen atoms in total. The second-order valence-electron chi connectivity index (χ2n) is 4.73. The molecular formula is C14H24N2. The van der Waals surface area contributed by atoms with Crippen molar-refractivity contribution in [1.29, 1.82) is 0 Å². The van der Waals surface area contributed by atoms with Crippen LogP contribution in [0, 0.1) is 12.8 Å². The Hall–Kier alpha value is -0.860. The smallest absolute Gasteiger partial charge is 0.0276 e. The third-order valence-electron chi connectivity index (χ3n) is 3.22. The van der Waals surface area contributed by atoms with Gasteiger partial charge in [0.05, 0.1) is 0 Å². The van der Waals surface area contributed by atoms with Gasteiger partial charge in [0.25, 0.3) is 0 Å². The highest BCUT2D eigenvalue weighted by atomic mass is 15.2. The summed E-state index contributed by atoms with van der Waals surface area (Å²) in [6.45, 7) is 6.60. The number of hydrogen-bond acceptors (Lipinski definition) is 2. The minimum Gasteiger partial charge on any atom is -0.271 e. The monoisotopic (exact) mass is 220 g/mol. The van der Waals surface area contributed by atoms with Gasteiger partial charge in [-0.15, -0.1) is 0 Å². The molecule has 1 aromatic rings. The summed E-state index contributed by atoms with van der Waals surface area (Å²) < 4.78 is 0. The van der Waals surface area contributed by atoms with Crippen molar-refractivity contribution in [3.05, 3.63) is 35.4 Å². The van der Waals surface area contributed by atoms with Gasteiger partial charge in [0.1, 0.15) is 0 Å². The average Bonchev–Trinajstić information content (AvgIpc) is 2.28. The maximum atomic E-state index is 5.63. The molecule has 0 fully saturated rings. The van der Waals surface area contributed by atoms with E-state index in [1.54, 1.807) is 0 Å². The summed E-state index contributed by atoms with van der Waals surface area (Å²) in [5.74, 6) is 6.25. The molecule has 1 aromatic carbocycles. The molecule has 3 N–H and O–H groups in total. The van der Waals surface area contributed by atoms with Crippen molar-refractivity contribution in [2.24, 2.45) is 11.8 Å². The molecule has 2 heteroatoms. The first-order valence-corrected chi connectivity index (χ1v) is 6.19. The standard InChI is InChI=1S/C14H24N2/c1-4-5-12(3)14(16-15)10-13-8-6-11(2)7-9-13/h6-9,12,14,16H,4-5,10,15H2,1-3H3. The molecule has 0 amide bonds. The molecule has 0 aliphatic carbocycles. The molecule has 90 valence electrons. The van der Waals surface area contributed by atoms with E-state index in [2.05, 4.69) is 50.5 Å². The van der Waals surface area contributed by atoms with Crippen LogP contribution in [0.1, 0.15) is 37.8 Å². The minimum atomic E-state index is 0.377. The van der Waals surface area contributed by atoms with Crippen LogP contribution >= 0.6 is 0 Å². The van der Waals surface area contributed by atoms with E-state index in [1.165, 1.54) is 24.0 Å². The Morgan fingerprint density at radius 2 is 1.88 bits per heavy atom. The van der Waals surface area contributed by atoms with Gasteiger partial charge < -0.3 is 0 Å². The zero-order valence-electron chi connectivity index (χ0n) is 10.7. The highest BCUT2D eigenvalue weighted by Crippen LogP contribution is 2.15. The Labute approximate surface area is 99.2 Å². The molecule has 0 saturated carbocycles. The van der Waals surface area contributed by atoms with Crippen LogP contribution < -0.4 is 11.3 Å². The highest BCUT2D eigenvalue weighted by molar-refractivity contribution is 5.22. The second-order valence-corrected chi connectivity index (χ2v) is 4.73. The molecule has 0 aliphatic heterocycles. The van der Waals surface area contributed by atoms with Gasteiger partial charge in [-0.25, -0.2) is 0 Å². The van der Waals surface area contributed by atoms with Crippen molar-refractivity contribution in [1.82, 2.24) is 5.43 Å². The van der Waals surface area contributed by atoms with Crippen LogP contribution in [0.3, 0.4) is 0 Å². The van der Waals surface area contributed by atoms with Gasteiger partial charge in [0.15, 0.2) is 0 Å². The van der Waals surface area contributed by atoms with Crippen molar-refractivity contribution >= 4 is 0 Å². The predicted molar refractivity (Wildman–Crippen MR) is 70.1 cm³/mol. The van der Waals surface area contributed by atoms with E-state index in [0.29, 0.717) is 12.0 Å². The number of benzene rings is 1. The van der Waals surface area contributed by atoms with E-state index >= 15 is 0 Å². The van der Waals surface area contributed by atoms with E-state index in [-0.39, 0.29) is 0 Å². The van der Waals surface area contributed by atoms with Gasteiger partial charge in [0.2, 0.25) is 0 Å². The zero-order valence-corrected chi connectivity index (χ0v) is 10.7. The van der Waals surface area contributed by atoms with Crippen molar-refractivity contribution in [3.8, 4) is 0 Å². The van der Waals surface area contributed by atoms with Crippen LogP contribution in [0.25, 0.3) is 0 Å². The number of rotatable bonds is 6. The summed E-state index contributed by atoms with van der Waals surface area (Å²) in [6, 6.07) is 9.08. The predicted octanol–water partition coefficient (Wildman–Crippen LogP) is 2.81. The van der Waals surface area contributed by atoms with Gasteiger partial charge in [-0.05, 0) is 31.2 Å². The summed E-state index contributed by atoms with van der Waals surface area (Å²) >= 11 is 0. The third kappa shape index (κ3) is 3.95. The zero-order chi connectivity index (χ0) is 12.0. The van der Waals surface area contributed by atoms with Crippen LogP contribution in [-0.4, -0.2) is 6.04 Å². The maximum absolute atomic E-state index is 5.63. The summed E-state index contributed by atoms with van der Waals surface area (Å²) in [5, 5.41) is 0. The van der Waals surface area contributed by atoms with Gasteiger partial charge in [0, 0.05) is 6.04 Å². The Morgan fingerprint density at radius 3 is 2.38 bits per heavy atom. The van der Waals surface area contributed by atoms with Crippen molar-refractivity contribution < 1.29 is 0 Å². The molecule has 16 heavy (non-hydrogen) atoms. The summed E-state index contributed by atoms with van der Waals surface area (Å²) in [5.41, 5.74) is 5.62.